The maximum Gasteiger partial charge on any atom is 0.220 e. The molecule has 0 atom stereocenters. The highest BCUT2D eigenvalue weighted by Crippen LogP contribution is 2.36. The minimum Gasteiger partial charge on any atom is -0.228 e. The Bertz CT molecular complexity index is 691. The van der Waals surface area contributed by atoms with Crippen molar-refractivity contribution in [3.05, 3.63) is 77.8 Å². The zero-order valence-corrected chi connectivity index (χ0v) is 11.3. The molecule has 0 radical (unpaired) electrons. The van der Waals surface area contributed by atoms with Crippen LogP contribution < -0.4 is 0 Å². The van der Waals surface area contributed by atoms with Crippen LogP contribution in [-0.4, -0.2) is 4.98 Å². The largest absolute Gasteiger partial charge is 0.228 e. The molecular weight excluding hydrogens is 273 g/mol. The number of halogens is 2. The first-order valence-electron chi connectivity index (χ1n) is 6.22. The van der Waals surface area contributed by atoms with Gasteiger partial charge in [-0.25, -0.2) is 4.98 Å². The Balaban J connectivity index is 2.25. The summed E-state index contributed by atoms with van der Waals surface area (Å²) in [7, 11) is 0. The highest BCUT2D eigenvalue weighted by molar-refractivity contribution is 6.33. The average molecular weight is 284 g/mol. The topological polar surface area (TPSA) is 12.9 Å². The van der Waals surface area contributed by atoms with Crippen LogP contribution in [0, 0.1) is 5.95 Å². The summed E-state index contributed by atoms with van der Waals surface area (Å²) in [5.41, 5.74) is 3.03. The Morgan fingerprint density at radius 3 is 1.90 bits per heavy atom. The van der Waals surface area contributed by atoms with E-state index < -0.39 is 5.95 Å². The van der Waals surface area contributed by atoms with Gasteiger partial charge in [-0.15, -0.1) is 0 Å². The van der Waals surface area contributed by atoms with Crippen molar-refractivity contribution in [2.75, 3.05) is 0 Å². The van der Waals surface area contributed by atoms with Crippen molar-refractivity contribution in [3.63, 3.8) is 0 Å². The van der Waals surface area contributed by atoms with Gasteiger partial charge in [0.25, 0.3) is 0 Å². The van der Waals surface area contributed by atoms with E-state index in [1.165, 1.54) is 6.20 Å². The molecule has 0 aliphatic rings. The number of pyridine rings is 1. The predicted molar refractivity (Wildman–Crippen MR) is 80.1 cm³/mol. The monoisotopic (exact) mass is 283 g/mol. The zero-order valence-electron chi connectivity index (χ0n) is 10.6. The first-order chi connectivity index (χ1) is 9.77. The molecule has 20 heavy (non-hydrogen) atoms. The molecule has 0 amide bonds. The molecule has 98 valence electrons. The summed E-state index contributed by atoms with van der Waals surface area (Å²) in [6.45, 7) is 0. The Morgan fingerprint density at radius 2 is 1.25 bits per heavy atom. The van der Waals surface area contributed by atoms with E-state index in [2.05, 4.69) is 4.98 Å². The van der Waals surface area contributed by atoms with Gasteiger partial charge in [-0.05, 0) is 29.3 Å². The maximum atomic E-state index is 13.9. The molecule has 0 saturated heterocycles. The Morgan fingerprint density at radius 1 is 0.700 bits per heavy atom. The summed E-state index contributed by atoms with van der Waals surface area (Å²) in [5.74, 6) is -0.480. The van der Waals surface area contributed by atoms with Crippen LogP contribution in [0.3, 0.4) is 0 Å². The zero-order chi connectivity index (χ0) is 13.9. The van der Waals surface area contributed by atoms with Gasteiger partial charge in [-0.3, -0.25) is 0 Å². The molecule has 0 saturated carbocycles. The van der Waals surface area contributed by atoms with Crippen molar-refractivity contribution in [2.24, 2.45) is 0 Å². The van der Waals surface area contributed by atoms with Gasteiger partial charge >= 0.3 is 0 Å². The molecule has 3 aromatic rings. The van der Waals surface area contributed by atoms with Crippen LogP contribution in [0.1, 0.15) is 0 Å². The molecule has 0 N–H and O–H groups in total. The molecule has 3 rings (SSSR count). The molecule has 1 aromatic heterocycles. The molecule has 1 heterocycles. The number of hydrogen-bond acceptors (Lipinski definition) is 1. The Labute approximate surface area is 121 Å². The second kappa shape index (κ2) is 5.43. The highest BCUT2D eigenvalue weighted by Gasteiger charge is 2.12. The summed E-state index contributed by atoms with van der Waals surface area (Å²) < 4.78 is 13.9. The van der Waals surface area contributed by atoms with E-state index in [-0.39, 0.29) is 0 Å². The van der Waals surface area contributed by atoms with Crippen molar-refractivity contribution < 1.29 is 4.39 Å². The lowest BCUT2D eigenvalue weighted by molar-refractivity contribution is 0.587. The second-order valence-corrected chi connectivity index (χ2v) is 4.77. The fourth-order valence-corrected chi connectivity index (χ4v) is 2.46. The van der Waals surface area contributed by atoms with Crippen molar-refractivity contribution in [3.8, 4) is 22.3 Å². The second-order valence-electron chi connectivity index (χ2n) is 4.37. The third-order valence-electron chi connectivity index (χ3n) is 3.14. The smallest absolute Gasteiger partial charge is 0.220 e. The summed E-state index contributed by atoms with van der Waals surface area (Å²) in [5, 5.41) is 0.643. The Hall–Kier alpha value is -2.19. The first kappa shape index (κ1) is 12.8. The molecule has 0 bridgehead atoms. The lowest BCUT2D eigenvalue weighted by atomic mass is 9.95. The first-order valence-corrected chi connectivity index (χ1v) is 6.60. The van der Waals surface area contributed by atoms with Crippen LogP contribution in [0.4, 0.5) is 4.39 Å². The third-order valence-corrected chi connectivity index (χ3v) is 3.47. The van der Waals surface area contributed by atoms with E-state index in [4.69, 9.17) is 11.6 Å². The molecule has 3 heteroatoms. The minimum atomic E-state index is -0.480. The van der Waals surface area contributed by atoms with E-state index in [1.54, 1.807) is 12.1 Å². The van der Waals surface area contributed by atoms with Crippen molar-refractivity contribution in [2.45, 2.75) is 0 Å². The predicted octanol–water partition coefficient (Wildman–Crippen LogP) is 5.21. The van der Waals surface area contributed by atoms with Crippen molar-refractivity contribution >= 4 is 11.6 Å². The quantitative estimate of drug-likeness (QED) is 0.589. The number of hydrogen-bond donors (Lipinski definition) is 0. The van der Waals surface area contributed by atoms with Crippen LogP contribution in [0.5, 0.6) is 0 Å². The fourth-order valence-electron chi connectivity index (χ4n) is 2.22. The van der Waals surface area contributed by atoms with Crippen molar-refractivity contribution in [1.29, 1.82) is 0 Å². The number of aromatic nitrogens is 1. The van der Waals surface area contributed by atoms with Gasteiger partial charge in [0, 0.05) is 22.3 Å². The van der Waals surface area contributed by atoms with Crippen molar-refractivity contribution in [1.82, 2.24) is 4.98 Å². The van der Waals surface area contributed by atoms with Gasteiger partial charge in [0.15, 0.2) is 0 Å². The van der Waals surface area contributed by atoms with Crippen LogP contribution in [0.2, 0.25) is 5.02 Å². The standard InChI is InChI=1S/C17H11ClFN/c18-16-10-4-3-8-14(16)12-6-1-2-7-13(12)15-9-5-11-20-17(15)19/h1-11H. The van der Waals surface area contributed by atoms with Gasteiger partial charge in [-0.1, -0.05) is 54.1 Å². The molecule has 0 spiro atoms. The number of rotatable bonds is 2. The summed E-state index contributed by atoms with van der Waals surface area (Å²) in [6.07, 6.45) is 1.44. The maximum absolute atomic E-state index is 13.9. The number of benzene rings is 2. The molecule has 2 aromatic carbocycles. The lowest BCUT2D eigenvalue weighted by Gasteiger charge is -2.11. The summed E-state index contributed by atoms with van der Waals surface area (Å²) >= 11 is 6.25. The molecule has 0 fully saturated rings. The van der Waals surface area contributed by atoms with Gasteiger partial charge in [-0.2, -0.15) is 4.39 Å². The molecule has 0 unspecified atom stereocenters. The Kier molecular flexibility index (Phi) is 3.48. The van der Waals surface area contributed by atoms with E-state index in [0.29, 0.717) is 10.6 Å². The molecule has 0 aliphatic heterocycles. The van der Waals surface area contributed by atoms with Crippen LogP contribution in [0.15, 0.2) is 66.9 Å². The summed E-state index contributed by atoms with van der Waals surface area (Å²) in [6, 6.07) is 18.6. The SMILES string of the molecule is Fc1ncccc1-c1ccccc1-c1ccccc1Cl. The van der Waals surface area contributed by atoms with Crippen LogP contribution >= 0.6 is 11.6 Å². The average Bonchev–Trinajstić information content (AvgIpc) is 2.48. The van der Waals surface area contributed by atoms with E-state index in [1.807, 2.05) is 48.5 Å². The third kappa shape index (κ3) is 2.30. The van der Waals surface area contributed by atoms with Gasteiger partial charge in [0.05, 0.1) is 0 Å². The fraction of sp³-hybridized carbons (Fsp3) is 0. The minimum absolute atomic E-state index is 0.475. The molecule has 1 nitrogen and oxygen atoms in total. The van der Waals surface area contributed by atoms with Gasteiger partial charge in [0.1, 0.15) is 0 Å². The summed E-state index contributed by atoms with van der Waals surface area (Å²) in [4.78, 5) is 3.71. The number of nitrogens with zero attached hydrogens (tertiary/aromatic N) is 1. The van der Waals surface area contributed by atoms with E-state index >= 15 is 0 Å². The highest BCUT2D eigenvalue weighted by atomic mass is 35.5. The van der Waals surface area contributed by atoms with E-state index in [0.717, 1.165) is 16.7 Å². The van der Waals surface area contributed by atoms with Crippen LogP contribution in [0.25, 0.3) is 22.3 Å². The van der Waals surface area contributed by atoms with Gasteiger partial charge < -0.3 is 0 Å². The lowest BCUT2D eigenvalue weighted by Crippen LogP contribution is -1.91. The normalized spacial score (nSPS) is 10.5. The van der Waals surface area contributed by atoms with Gasteiger partial charge in [0.2, 0.25) is 5.95 Å². The van der Waals surface area contributed by atoms with Crippen LogP contribution in [-0.2, 0) is 0 Å². The molecule has 0 aliphatic carbocycles. The van der Waals surface area contributed by atoms with E-state index in [9.17, 15) is 4.39 Å². The molecular formula is C17H11ClFN.